The Morgan fingerprint density at radius 2 is 2.10 bits per heavy atom. The molecule has 1 heterocycles. The summed E-state index contributed by atoms with van der Waals surface area (Å²) < 4.78 is 18.0. The van der Waals surface area contributed by atoms with Crippen molar-refractivity contribution in [1.29, 1.82) is 0 Å². The summed E-state index contributed by atoms with van der Waals surface area (Å²) in [5.74, 6) is 0. The molecule has 0 radical (unpaired) electrons. The molecule has 0 amide bonds. The van der Waals surface area contributed by atoms with Gasteiger partial charge in [0.15, 0.2) is 0 Å². The van der Waals surface area contributed by atoms with Crippen LogP contribution in [0.5, 0.6) is 0 Å². The highest BCUT2D eigenvalue weighted by Crippen LogP contribution is 2.42. The van der Waals surface area contributed by atoms with Crippen molar-refractivity contribution >= 4 is 0 Å². The van der Waals surface area contributed by atoms with E-state index < -0.39 is 6.17 Å². The summed E-state index contributed by atoms with van der Waals surface area (Å²) in [6, 6.07) is 0. The van der Waals surface area contributed by atoms with Crippen molar-refractivity contribution in [1.82, 2.24) is 0 Å². The second-order valence-electron chi connectivity index (χ2n) is 3.48. The molecular formula is C8H13FO. The van der Waals surface area contributed by atoms with Crippen LogP contribution in [0.25, 0.3) is 0 Å². The van der Waals surface area contributed by atoms with Gasteiger partial charge in [-0.15, -0.1) is 0 Å². The van der Waals surface area contributed by atoms with Gasteiger partial charge >= 0.3 is 0 Å². The lowest BCUT2D eigenvalue weighted by Gasteiger charge is -2.45. The molecule has 2 heteroatoms. The maximum atomic E-state index is 12.6. The van der Waals surface area contributed by atoms with E-state index in [1.807, 2.05) is 0 Å². The first-order chi connectivity index (χ1) is 4.81. The summed E-state index contributed by atoms with van der Waals surface area (Å²) in [4.78, 5) is 0. The average Bonchev–Trinajstić information content (AvgIpc) is 1.86. The highest BCUT2D eigenvalue weighted by atomic mass is 19.1. The lowest BCUT2D eigenvalue weighted by atomic mass is 9.75. The quantitative estimate of drug-likeness (QED) is 0.505. The standard InChI is InChI=1S/C8H13FO/c9-7-2-5-8(10-6-7)3-1-4-8/h7H,1-6H2/t7-/m0/s1. The third kappa shape index (κ3) is 0.947. The van der Waals surface area contributed by atoms with Crippen molar-refractivity contribution in [2.45, 2.75) is 43.9 Å². The molecule has 2 aliphatic rings. The normalized spacial score (nSPS) is 37.5. The maximum absolute atomic E-state index is 12.6. The van der Waals surface area contributed by atoms with Crippen molar-refractivity contribution < 1.29 is 9.13 Å². The van der Waals surface area contributed by atoms with Crippen LogP contribution in [0.4, 0.5) is 4.39 Å². The molecule has 0 aromatic rings. The number of ether oxygens (including phenoxy) is 1. The van der Waals surface area contributed by atoms with Crippen LogP contribution in [0.3, 0.4) is 0 Å². The van der Waals surface area contributed by atoms with E-state index in [2.05, 4.69) is 0 Å². The van der Waals surface area contributed by atoms with E-state index in [9.17, 15) is 4.39 Å². The number of halogens is 1. The monoisotopic (exact) mass is 144 g/mol. The molecule has 1 aliphatic carbocycles. The summed E-state index contributed by atoms with van der Waals surface area (Å²) in [5.41, 5.74) is 0.141. The van der Waals surface area contributed by atoms with Gasteiger partial charge in [-0.2, -0.15) is 0 Å². The van der Waals surface area contributed by atoms with Crippen LogP contribution < -0.4 is 0 Å². The Morgan fingerprint density at radius 1 is 1.30 bits per heavy atom. The molecular weight excluding hydrogens is 131 g/mol. The maximum Gasteiger partial charge on any atom is 0.123 e. The molecule has 0 N–H and O–H groups in total. The minimum absolute atomic E-state index is 0.141. The smallest absolute Gasteiger partial charge is 0.123 e. The molecule has 0 aromatic heterocycles. The van der Waals surface area contributed by atoms with Gasteiger partial charge in [0.25, 0.3) is 0 Å². The second-order valence-corrected chi connectivity index (χ2v) is 3.48. The van der Waals surface area contributed by atoms with Gasteiger partial charge in [0.1, 0.15) is 6.17 Å². The SMILES string of the molecule is F[C@H]1CCC2(CCC2)OC1. The molecule has 1 aliphatic heterocycles. The summed E-state index contributed by atoms with van der Waals surface area (Å²) >= 11 is 0. The largest absolute Gasteiger partial charge is 0.372 e. The van der Waals surface area contributed by atoms with E-state index in [4.69, 9.17) is 4.74 Å². The molecule has 0 aromatic carbocycles. The molecule has 2 fully saturated rings. The average molecular weight is 144 g/mol. The van der Waals surface area contributed by atoms with Gasteiger partial charge in [0.2, 0.25) is 0 Å². The van der Waals surface area contributed by atoms with Gasteiger partial charge in [-0.25, -0.2) is 4.39 Å². The third-order valence-corrected chi connectivity index (χ3v) is 2.75. The van der Waals surface area contributed by atoms with E-state index in [1.54, 1.807) is 0 Å². The van der Waals surface area contributed by atoms with Gasteiger partial charge in [-0.05, 0) is 32.1 Å². The van der Waals surface area contributed by atoms with Gasteiger partial charge in [0, 0.05) is 0 Å². The lowest BCUT2D eigenvalue weighted by molar-refractivity contribution is -0.148. The number of hydrogen-bond acceptors (Lipinski definition) is 1. The van der Waals surface area contributed by atoms with E-state index >= 15 is 0 Å². The third-order valence-electron chi connectivity index (χ3n) is 2.75. The van der Waals surface area contributed by atoms with Gasteiger partial charge in [0.05, 0.1) is 12.2 Å². The van der Waals surface area contributed by atoms with Crippen LogP contribution in [0, 0.1) is 0 Å². The Hall–Kier alpha value is -0.110. The Morgan fingerprint density at radius 3 is 2.50 bits per heavy atom. The van der Waals surface area contributed by atoms with Crippen LogP contribution in [-0.2, 0) is 4.74 Å². The molecule has 2 rings (SSSR count). The Labute approximate surface area is 60.6 Å². The summed E-state index contributed by atoms with van der Waals surface area (Å²) in [5, 5.41) is 0. The lowest BCUT2D eigenvalue weighted by Crippen LogP contribution is -2.45. The number of hydrogen-bond donors (Lipinski definition) is 0. The van der Waals surface area contributed by atoms with Gasteiger partial charge < -0.3 is 4.74 Å². The number of rotatable bonds is 0. The molecule has 1 saturated carbocycles. The molecule has 1 nitrogen and oxygen atoms in total. The first kappa shape index (κ1) is 6.59. The van der Waals surface area contributed by atoms with E-state index in [-0.39, 0.29) is 5.60 Å². The first-order valence-corrected chi connectivity index (χ1v) is 4.09. The molecule has 58 valence electrons. The van der Waals surface area contributed by atoms with Gasteiger partial charge in [-0.1, -0.05) is 0 Å². The van der Waals surface area contributed by atoms with E-state index in [0.29, 0.717) is 6.61 Å². The molecule has 1 saturated heterocycles. The van der Waals surface area contributed by atoms with Crippen LogP contribution in [0.15, 0.2) is 0 Å². The summed E-state index contributed by atoms with van der Waals surface area (Å²) in [6.07, 6.45) is 4.59. The topological polar surface area (TPSA) is 9.23 Å². The predicted molar refractivity (Wildman–Crippen MR) is 36.7 cm³/mol. The van der Waals surface area contributed by atoms with E-state index in [1.165, 1.54) is 19.3 Å². The zero-order chi connectivity index (χ0) is 7.03. The fraction of sp³-hybridized carbons (Fsp3) is 1.00. The molecule has 0 bridgehead atoms. The summed E-state index contributed by atoms with van der Waals surface area (Å²) in [6.45, 7) is 0.347. The van der Waals surface area contributed by atoms with Crippen LogP contribution in [0.2, 0.25) is 0 Å². The Balaban J connectivity index is 1.90. The Bertz CT molecular complexity index is 121. The summed E-state index contributed by atoms with van der Waals surface area (Å²) in [7, 11) is 0. The van der Waals surface area contributed by atoms with Crippen molar-refractivity contribution in [2.24, 2.45) is 0 Å². The van der Waals surface area contributed by atoms with E-state index in [0.717, 1.165) is 12.8 Å². The van der Waals surface area contributed by atoms with Crippen LogP contribution >= 0.6 is 0 Å². The van der Waals surface area contributed by atoms with Crippen molar-refractivity contribution in [2.75, 3.05) is 6.61 Å². The first-order valence-electron chi connectivity index (χ1n) is 4.09. The van der Waals surface area contributed by atoms with Crippen molar-refractivity contribution in [3.8, 4) is 0 Å². The van der Waals surface area contributed by atoms with Gasteiger partial charge in [-0.3, -0.25) is 0 Å². The molecule has 10 heavy (non-hydrogen) atoms. The highest BCUT2D eigenvalue weighted by molar-refractivity contribution is 4.92. The second kappa shape index (κ2) is 2.19. The van der Waals surface area contributed by atoms with Crippen molar-refractivity contribution in [3.05, 3.63) is 0 Å². The zero-order valence-electron chi connectivity index (χ0n) is 6.11. The highest BCUT2D eigenvalue weighted by Gasteiger charge is 2.41. The number of alkyl halides is 1. The molecule has 0 unspecified atom stereocenters. The minimum atomic E-state index is -0.689. The molecule has 1 atom stereocenters. The van der Waals surface area contributed by atoms with Crippen LogP contribution in [-0.4, -0.2) is 18.4 Å². The van der Waals surface area contributed by atoms with Crippen molar-refractivity contribution in [3.63, 3.8) is 0 Å². The fourth-order valence-corrected chi connectivity index (χ4v) is 1.81. The predicted octanol–water partition coefficient (Wildman–Crippen LogP) is 2.06. The molecule has 1 spiro atoms. The minimum Gasteiger partial charge on any atom is -0.372 e. The fourth-order valence-electron chi connectivity index (χ4n) is 1.81. The van der Waals surface area contributed by atoms with Crippen LogP contribution in [0.1, 0.15) is 32.1 Å². The zero-order valence-corrected chi connectivity index (χ0v) is 6.11. The Kier molecular flexibility index (Phi) is 1.44.